The molecule has 1 unspecified atom stereocenters. The van der Waals surface area contributed by atoms with Crippen LogP contribution in [0.3, 0.4) is 0 Å². The molecule has 0 aliphatic carbocycles. The van der Waals surface area contributed by atoms with Crippen LogP contribution in [0.4, 0.5) is 0 Å². The minimum Gasteiger partial charge on any atom is -0.438 e. The Morgan fingerprint density at radius 3 is 3.15 bits per heavy atom. The van der Waals surface area contributed by atoms with Crippen LogP contribution in [0.15, 0.2) is 35.3 Å². The van der Waals surface area contributed by atoms with E-state index in [4.69, 9.17) is 4.42 Å². The molecule has 0 N–H and O–H groups in total. The summed E-state index contributed by atoms with van der Waals surface area (Å²) in [6, 6.07) is 4.15. The van der Waals surface area contributed by atoms with Gasteiger partial charge < -0.3 is 9.32 Å². The van der Waals surface area contributed by atoms with Gasteiger partial charge in [-0.2, -0.15) is 0 Å². The summed E-state index contributed by atoms with van der Waals surface area (Å²) in [4.78, 5) is 22.2. The molecule has 3 rings (SSSR count). The topological polar surface area (TPSA) is 59.2 Å². The Morgan fingerprint density at radius 1 is 1.50 bits per heavy atom. The Bertz CT molecular complexity index is 595. The van der Waals surface area contributed by atoms with Gasteiger partial charge in [-0.25, -0.2) is 4.98 Å². The second kappa shape index (κ2) is 5.45. The Kier molecular flexibility index (Phi) is 3.50. The Hall–Kier alpha value is -2.17. The Morgan fingerprint density at radius 2 is 2.40 bits per heavy atom. The molecule has 1 aliphatic rings. The predicted molar refractivity (Wildman–Crippen MR) is 73.4 cm³/mol. The van der Waals surface area contributed by atoms with Crippen LogP contribution in [0.2, 0.25) is 0 Å². The molecule has 1 fully saturated rings. The van der Waals surface area contributed by atoms with Crippen molar-refractivity contribution >= 4 is 5.91 Å². The maximum absolute atomic E-state index is 12.3. The highest BCUT2D eigenvalue weighted by atomic mass is 16.3. The van der Waals surface area contributed by atoms with E-state index < -0.39 is 0 Å². The van der Waals surface area contributed by atoms with Crippen LogP contribution in [0.25, 0.3) is 0 Å². The van der Waals surface area contributed by atoms with Crippen LogP contribution >= 0.6 is 0 Å². The Labute approximate surface area is 117 Å². The maximum Gasteiger partial charge on any atom is 0.291 e. The SMILES string of the molecule is Cc1cc(C2CCCN(C(=O)c3cnco3)C2)ccn1. The maximum atomic E-state index is 12.3. The standard InChI is InChI=1S/C15H17N3O2/c1-11-7-12(4-5-17-11)13-3-2-6-18(9-13)15(19)14-8-16-10-20-14/h4-5,7-8,10,13H,2-3,6,9H2,1H3. The fourth-order valence-corrected chi connectivity index (χ4v) is 2.73. The minimum absolute atomic E-state index is 0.0713. The largest absolute Gasteiger partial charge is 0.438 e. The fraction of sp³-hybridized carbons (Fsp3) is 0.400. The number of carbonyl (C=O) groups is 1. The van der Waals surface area contributed by atoms with E-state index in [1.165, 1.54) is 18.2 Å². The van der Waals surface area contributed by atoms with E-state index in [2.05, 4.69) is 16.0 Å². The second-order valence-electron chi connectivity index (χ2n) is 5.19. The predicted octanol–water partition coefficient (Wildman–Crippen LogP) is 2.40. The molecule has 2 aromatic rings. The summed E-state index contributed by atoms with van der Waals surface area (Å²) in [6.07, 6.45) is 6.71. The fourth-order valence-electron chi connectivity index (χ4n) is 2.73. The van der Waals surface area contributed by atoms with Gasteiger partial charge in [-0.3, -0.25) is 9.78 Å². The molecule has 104 valence electrons. The molecule has 20 heavy (non-hydrogen) atoms. The van der Waals surface area contributed by atoms with Crippen molar-refractivity contribution in [2.45, 2.75) is 25.7 Å². The number of likely N-dealkylation sites (tertiary alicyclic amines) is 1. The number of nitrogens with zero attached hydrogens (tertiary/aromatic N) is 3. The third-order valence-corrected chi connectivity index (χ3v) is 3.74. The highest BCUT2D eigenvalue weighted by Crippen LogP contribution is 2.27. The van der Waals surface area contributed by atoms with Crippen molar-refractivity contribution in [3.63, 3.8) is 0 Å². The first-order valence-corrected chi connectivity index (χ1v) is 6.84. The summed E-state index contributed by atoms with van der Waals surface area (Å²) in [6.45, 7) is 3.49. The number of amides is 1. The summed E-state index contributed by atoms with van der Waals surface area (Å²) in [5, 5.41) is 0. The van der Waals surface area contributed by atoms with Crippen molar-refractivity contribution < 1.29 is 9.21 Å². The van der Waals surface area contributed by atoms with Crippen molar-refractivity contribution in [1.29, 1.82) is 0 Å². The molecule has 1 aliphatic heterocycles. The van der Waals surface area contributed by atoms with Crippen LogP contribution in [0.1, 0.15) is 40.6 Å². The lowest BCUT2D eigenvalue weighted by Crippen LogP contribution is -2.39. The monoisotopic (exact) mass is 271 g/mol. The molecule has 0 spiro atoms. The number of aryl methyl sites for hydroxylation is 1. The lowest BCUT2D eigenvalue weighted by Gasteiger charge is -2.32. The number of hydrogen-bond acceptors (Lipinski definition) is 4. The number of hydrogen-bond donors (Lipinski definition) is 0. The first-order valence-electron chi connectivity index (χ1n) is 6.84. The van der Waals surface area contributed by atoms with Gasteiger partial charge in [0.1, 0.15) is 0 Å². The first kappa shape index (κ1) is 12.8. The smallest absolute Gasteiger partial charge is 0.291 e. The van der Waals surface area contributed by atoms with E-state index in [0.29, 0.717) is 11.7 Å². The quantitative estimate of drug-likeness (QED) is 0.841. The summed E-state index contributed by atoms with van der Waals surface area (Å²) in [5.74, 6) is 0.617. The third kappa shape index (κ3) is 2.57. The zero-order chi connectivity index (χ0) is 13.9. The summed E-state index contributed by atoms with van der Waals surface area (Å²) in [7, 11) is 0. The van der Waals surface area contributed by atoms with E-state index in [1.807, 2.05) is 24.1 Å². The van der Waals surface area contributed by atoms with E-state index >= 15 is 0 Å². The van der Waals surface area contributed by atoms with Crippen LogP contribution < -0.4 is 0 Å². The molecular formula is C15H17N3O2. The third-order valence-electron chi connectivity index (χ3n) is 3.74. The second-order valence-corrected chi connectivity index (χ2v) is 5.19. The van der Waals surface area contributed by atoms with Gasteiger partial charge in [-0.1, -0.05) is 0 Å². The average Bonchev–Trinajstić information content (AvgIpc) is 3.01. The summed E-state index contributed by atoms with van der Waals surface area (Å²) < 4.78 is 5.10. The summed E-state index contributed by atoms with van der Waals surface area (Å²) >= 11 is 0. The molecule has 1 atom stereocenters. The van der Waals surface area contributed by atoms with Crippen molar-refractivity contribution in [1.82, 2.24) is 14.9 Å². The van der Waals surface area contributed by atoms with E-state index in [-0.39, 0.29) is 5.91 Å². The lowest BCUT2D eigenvalue weighted by atomic mass is 9.91. The molecule has 0 bridgehead atoms. The number of aromatic nitrogens is 2. The van der Waals surface area contributed by atoms with E-state index in [0.717, 1.165) is 31.6 Å². The van der Waals surface area contributed by atoms with Crippen LogP contribution in [0.5, 0.6) is 0 Å². The molecule has 2 aromatic heterocycles. The molecule has 0 radical (unpaired) electrons. The molecule has 5 heteroatoms. The average molecular weight is 271 g/mol. The van der Waals surface area contributed by atoms with Gasteiger partial charge in [0, 0.05) is 30.9 Å². The molecule has 3 heterocycles. The molecular weight excluding hydrogens is 254 g/mol. The normalized spacial score (nSPS) is 19.1. The first-order chi connectivity index (χ1) is 9.74. The summed E-state index contributed by atoms with van der Waals surface area (Å²) in [5.41, 5.74) is 2.27. The van der Waals surface area contributed by atoms with Crippen molar-refractivity contribution in [2.24, 2.45) is 0 Å². The number of carbonyl (C=O) groups excluding carboxylic acids is 1. The van der Waals surface area contributed by atoms with Crippen LogP contribution in [-0.2, 0) is 0 Å². The molecule has 1 amide bonds. The zero-order valence-corrected chi connectivity index (χ0v) is 11.5. The van der Waals surface area contributed by atoms with Gasteiger partial charge in [0.05, 0.1) is 6.20 Å². The van der Waals surface area contributed by atoms with Crippen molar-refractivity contribution in [2.75, 3.05) is 13.1 Å². The van der Waals surface area contributed by atoms with Crippen LogP contribution in [0, 0.1) is 6.92 Å². The minimum atomic E-state index is -0.0713. The molecule has 0 saturated carbocycles. The highest BCUT2D eigenvalue weighted by molar-refractivity contribution is 5.91. The number of rotatable bonds is 2. The highest BCUT2D eigenvalue weighted by Gasteiger charge is 2.27. The molecule has 1 saturated heterocycles. The van der Waals surface area contributed by atoms with Gasteiger partial charge in [-0.05, 0) is 37.5 Å². The van der Waals surface area contributed by atoms with Gasteiger partial charge in [0.2, 0.25) is 5.76 Å². The Balaban J connectivity index is 1.75. The zero-order valence-electron chi connectivity index (χ0n) is 11.5. The van der Waals surface area contributed by atoms with E-state index in [1.54, 1.807) is 0 Å². The van der Waals surface area contributed by atoms with Crippen molar-refractivity contribution in [3.8, 4) is 0 Å². The van der Waals surface area contributed by atoms with Gasteiger partial charge in [0.25, 0.3) is 5.91 Å². The van der Waals surface area contributed by atoms with Gasteiger partial charge >= 0.3 is 0 Å². The number of oxazole rings is 1. The van der Waals surface area contributed by atoms with Crippen molar-refractivity contribution in [3.05, 3.63) is 47.9 Å². The van der Waals surface area contributed by atoms with E-state index in [9.17, 15) is 4.79 Å². The lowest BCUT2D eigenvalue weighted by molar-refractivity contribution is 0.0675. The molecule has 0 aromatic carbocycles. The number of piperidine rings is 1. The van der Waals surface area contributed by atoms with Gasteiger partial charge in [-0.15, -0.1) is 0 Å². The van der Waals surface area contributed by atoms with Gasteiger partial charge in [0.15, 0.2) is 6.39 Å². The number of pyridine rings is 1. The molecule has 5 nitrogen and oxygen atoms in total. The van der Waals surface area contributed by atoms with Crippen LogP contribution in [-0.4, -0.2) is 33.9 Å².